The minimum Gasteiger partial charge on any atom is -0.352 e. The number of hydrogen-bond acceptors (Lipinski definition) is 3. The first kappa shape index (κ1) is 18.1. The van der Waals surface area contributed by atoms with Crippen molar-refractivity contribution in [2.75, 3.05) is 13.1 Å². The van der Waals surface area contributed by atoms with Gasteiger partial charge in [0.1, 0.15) is 5.82 Å². The van der Waals surface area contributed by atoms with Crippen LogP contribution in [0.5, 0.6) is 0 Å². The minimum atomic E-state index is -3.46. The number of rotatable bonds is 7. The Balaban J connectivity index is 1.90. The van der Waals surface area contributed by atoms with E-state index < -0.39 is 15.8 Å². The quantitative estimate of drug-likeness (QED) is 0.803. The van der Waals surface area contributed by atoms with Gasteiger partial charge in [0, 0.05) is 18.7 Å². The first-order valence-electron chi connectivity index (χ1n) is 7.55. The zero-order valence-corrected chi connectivity index (χ0v) is 14.1. The van der Waals surface area contributed by atoms with Gasteiger partial charge in [-0.2, -0.15) is 0 Å². The summed E-state index contributed by atoms with van der Waals surface area (Å²) in [6.07, 6.45) is 0.544. The molecule has 0 bridgehead atoms. The lowest BCUT2D eigenvalue weighted by molar-refractivity contribution is 0.0953. The topological polar surface area (TPSA) is 75.3 Å². The van der Waals surface area contributed by atoms with Crippen molar-refractivity contribution < 1.29 is 17.6 Å². The Morgan fingerprint density at radius 2 is 1.83 bits per heavy atom. The molecule has 2 aromatic rings. The molecule has 0 aromatic heterocycles. The van der Waals surface area contributed by atoms with Crippen LogP contribution in [0.1, 0.15) is 22.8 Å². The molecule has 2 rings (SSSR count). The third-order valence-electron chi connectivity index (χ3n) is 3.35. The molecular formula is C17H19FN2O3S. The molecule has 0 heterocycles. The Labute approximate surface area is 141 Å². The molecule has 0 aliphatic heterocycles. The molecule has 0 fully saturated rings. The summed E-state index contributed by atoms with van der Waals surface area (Å²) in [7, 11) is -3.46. The Morgan fingerprint density at radius 3 is 2.46 bits per heavy atom. The van der Waals surface area contributed by atoms with Crippen molar-refractivity contribution in [1.82, 2.24) is 10.0 Å². The smallest absolute Gasteiger partial charge is 0.251 e. The molecule has 2 aromatic carbocycles. The highest BCUT2D eigenvalue weighted by Crippen LogP contribution is 2.11. The average molecular weight is 350 g/mol. The van der Waals surface area contributed by atoms with Gasteiger partial charge in [0.05, 0.1) is 4.90 Å². The summed E-state index contributed by atoms with van der Waals surface area (Å²) in [6.45, 7) is 2.41. The summed E-state index contributed by atoms with van der Waals surface area (Å²) in [5.41, 5.74) is 1.16. The van der Waals surface area contributed by atoms with Gasteiger partial charge in [-0.15, -0.1) is 0 Å². The van der Waals surface area contributed by atoms with Crippen molar-refractivity contribution in [3.63, 3.8) is 0 Å². The number of nitrogens with one attached hydrogen (secondary N) is 2. The molecule has 0 saturated carbocycles. The van der Waals surface area contributed by atoms with E-state index in [0.29, 0.717) is 19.5 Å². The molecular weight excluding hydrogens is 331 g/mol. The van der Waals surface area contributed by atoms with E-state index in [1.54, 1.807) is 25.1 Å². The fraction of sp³-hybridized carbons (Fsp3) is 0.235. The van der Waals surface area contributed by atoms with Crippen molar-refractivity contribution in [2.24, 2.45) is 0 Å². The van der Waals surface area contributed by atoms with Gasteiger partial charge in [-0.1, -0.05) is 25.1 Å². The molecule has 24 heavy (non-hydrogen) atoms. The molecule has 0 aliphatic rings. The van der Waals surface area contributed by atoms with Crippen LogP contribution < -0.4 is 10.0 Å². The highest BCUT2D eigenvalue weighted by molar-refractivity contribution is 7.89. The van der Waals surface area contributed by atoms with E-state index in [0.717, 1.165) is 5.56 Å². The number of carbonyl (C=O) groups excluding carboxylic acids is 1. The second-order valence-electron chi connectivity index (χ2n) is 5.16. The van der Waals surface area contributed by atoms with E-state index in [4.69, 9.17) is 0 Å². The van der Waals surface area contributed by atoms with Crippen molar-refractivity contribution in [1.29, 1.82) is 0 Å². The van der Waals surface area contributed by atoms with Gasteiger partial charge < -0.3 is 5.32 Å². The summed E-state index contributed by atoms with van der Waals surface area (Å²) in [5, 5.41) is 2.70. The number of benzene rings is 2. The maximum absolute atomic E-state index is 13.1. The molecule has 0 aliphatic carbocycles. The molecule has 0 radical (unpaired) electrons. The van der Waals surface area contributed by atoms with E-state index in [1.165, 1.54) is 30.3 Å². The Bertz CT molecular complexity index is 805. The fourth-order valence-corrected chi connectivity index (χ4v) is 3.20. The highest BCUT2D eigenvalue weighted by atomic mass is 32.2. The van der Waals surface area contributed by atoms with Crippen molar-refractivity contribution >= 4 is 15.9 Å². The van der Waals surface area contributed by atoms with Crippen LogP contribution in [-0.2, 0) is 16.4 Å². The van der Waals surface area contributed by atoms with Gasteiger partial charge in [-0.25, -0.2) is 17.5 Å². The Kier molecular flexibility index (Phi) is 6.05. The van der Waals surface area contributed by atoms with Crippen LogP contribution in [0.15, 0.2) is 53.4 Å². The number of amides is 1. The second kappa shape index (κ2) is 8.03. The van der Waals surface area contributed by atoms with Gasteiger partial charge in [0.15, 0.2) is 0 Å². The van der Waals surface area contributed by atoms with Crippen LogP contribution in [0.2, 0.25) is 0 Å². The van der Waals surface area contributed by atoms with E-state index in [1.807, 2.05) is 0 Å². The van der Waals surface area contributed by atoms with Crippen LogP contribution in [0.3, 0.4) is 0 Å². The van der Waals surface area contributed by atoms with Crippen LogP contribution in [0.25, 0.3) is 0 Å². The summed E-state index contributed by atoms with van der Waals surface area (Å²) in [6, 6.07) is 11.9. The van der Waals surface area contributed by atoms with E-state index >= 15 is 0 Å². The van der Waals surface area contributed by atoms with Crippen LogP contribution in [0.4, 0.5) is 4.39 Å². The predicted octanol–water partition coefficient (Wildman–Crippen LogP) is 2.10. The summed E-state index contributed by atoms with van der Waals surface area (Å²) in [5.74, 6) is -0.805. The number of hydrogen-bond donors (Lipinski definition) is 2. The molecule has 0 unspecified atom stereocenters. The van der Waals surface area contributed by atoms with Crippen LogP contribution in [-0.4, -0.2) is 27.4 Å². The summed E-state index contributed by atoms with van der Waals surface area (Å²) in [4.78, 5) is 12.1. The number of halogens is 1. The van der Waals surface area contributed by atoms with Gasteiger partial charge >= 0.3 is 0 Å². The zero-order chi connectivity index (χ0) is 17.6. The van der Waals surface area contributed by atoms with Gasteiger partial charge in [-0.05, 0) is 42.3 Å². The fourth-order valence-electron chi connectivity index (χ4n) is 2.16. The minimum absolute atomic E-state index is 0.205. The lowest BCUT2D eigenvalue weighted by atomic mass is 10.1. The van der Waals surface area contributed by atoms with E-state index in [2.05, 4.69) is 10.0 Å². The average Bonchev–Trinajstić information content (AvgIpc) is 2.55. The summed E-state index contributed by atoms with van der Waals surface area (Å²) >= 11 is 0. The maximum Gasteiger partial charge on any atom is 0.251 e. The standard InChI is InChI=1S/C17H19FN2O3S/c1-2-20-24(22,23)16-8-6-13(7-9-16)10-11-19-17(21)14-4-3-5-15(18)12-14/h3-9,12,20H,2,10-11H2,1H3,(H,19,21). The third-order valence-corrected chi connectivity index (χ3v) is 4.92. The first-order chi connectivity index (χ1) is 11.4. The van der Waals surface area contributed by atoms with Gasteiger partial charge in [0.25, 0.3) is 5.91 Å². The van der Waals surface area contributed by atoms with E-state index in [9.17, 15) is 17.6 Å². The normalized spacial score (nSPS) is 11.2. The Morgan fingerprint density at radius 1 is 1.12 bits per heavy atom. The molecule has 2 N–H and O–H groups in total. The van der Waals surface area contributed by atoms with E-state index in [-0.39, 0.29) is 16.4 Å². The van der Waals surface area contributed by atoms with Crippen molar-refractivity contribution in [3.8, 4) is 0 Å². The molecule has 0 atom stereocenters. The van der Waals surface area contributed by atoms with Crippen molar-refractivity contribution in [3.05, 3.63) is 65.5 Å². The number of sulfonamides is 1. The predicted molar refractivity (Wildman–Crippen MR) is 89.7 cm³/mol. The molecule has 128 valence electrons. The second-order valence-corrected chi connectivity index (χ2v) is 6.93. The lowest BCUT2D eigenvalue weighted by Crippen LogP contribution is -2.25. The largest absolute Gasteiger partial charge is 0.352 e. The maximum atomic E-state index is 13.1. The number of carbonyl (C=O) groups is 1. The molecule has 0 saturated heterocycles. The van der Waals surface area contributed by atoms with Crippen LogP contribution >= 0.6 is 0 Å². The van der Waals surface area contributed by atoms with Gasteiger partial charge in [-0.3, -0.25) is 4.79 Å². The monoisotopic (exact) mass is 350 g/mol. The molecule has 1 amide bonds. The lowest BCUT2D eigenvalue weighted by Gasteiger charge is -2.07. The van der Waals surface area contributed by atoms with Crippen molar-refractivity contribution in [2.45, 2.75) is 18.2 Å². The highest BCUT2D eigenvalue weighted by Gasteiger charge is 2.12. The first-order valence-corrected chi connectivity index (χ1v) is 9.03. The third kappa shape index (κ3) is 4.87. The van der Waals surface area contributed by atoms with Crippen LogP contribution in [0, 0.1) is 5.82 Å². The summed E-state index contributed by atoms with van der Waals surface area (Å²) < 4.78 is 39.2. The molecule has 0 spiro atoms. The Hall–Kier alpha value is -2.25. The van der Waals surface area contributed by atoms with Gasteiger partial charge in [0.2, 0.25) is 10.0 Å². The SMILES string of the molecule is CCNS(=O)(=O)c1ccc(CCNC(=O)c2cccc(F)c2)cc1. The molecule has 5 nitrogen and oxygen atoms in total. The molecule has 7 heteroatoms. The zero-order valence-electron chi connectivity index (χ0n) is 13.3.